The third kappa shape index (κ3) is 4.31. The van der Waals surface area contributed by atoms with E-state index in [1.165, 1.54) is 54.7 Å². The van der Waals surface area contributed by atoms with Crippen LogP contribution in [0.5, 0.6) is 0 Å². The highest BCUT2D eigenvalue weighted by Crippen LogP contribution is 2.24. The fourth-order valence-electron chi connectivity index (χ4n) is 3.83. The summed E-state index contributed by atoms with van der Waals surface area (Å²) in [5, 5.41) is 3.78. The Balaban J connectivity index is 1.89. The smallest absolute Gasteiger partial charge is 0.0297 e. The van der Waals surface area contributed by atoms with Crippen molar-refractivity contribution in [1.29, 1.82) is 0 Å². The molecule has 1 aromatic carbocycles. The lowest BCUT2D eigenvalue weighted by molar-refractivity contribution is 0.188. The summed E-state index contributed by atoms with van der Waals surface area (Å²) in [7, 11) is 0. The summed E-state index contributed by atoms with van der Waals surface area (Å²) in [6.45, 7) is 16.2. The molecule has 2 rings (SSSR count). The first-order valence-electron chi connectivity index (χ1n) is 8.54. The third-order valence-corrected chi connectivity index (χ3v) is 5.04. The van der Waals surface area contributed by atoms with E-state index in [-0.39, 0.29) is 0 Å². The Bertz CT molecular complexity index is 436. The Morgan fingerprint density at radius 2 is 1.71 bits per heavy atom. The Morgan fingerprint density at radius 1 is 1.14 bits per heavy atom. The molecule has 118 valence electrons. The molecule has 0 bridgehead atoms. The van der Waals surface area contributed by atoms with E-state index >= 15 is 0 Å². The maximum absolute atomic E-state index is 3.78. The summed E-state index contributed by atoms with van der Waals surface area (Å²) in [5.41, 5.74) is 5.71. The van der Waals surface area contributed by atoms with Crippen molar-refractivity contribution in [2.24, 2.45) is 5.92 Å². The minimum absolute atomic E-state index is 0.454. The van der Waals surface area contributed by atoms with Gasteiger partial charge in [-0.15, -0.1) is 0 Å². The Labute approximate surface area is 130 Å². The largest absolute Gasteiger partial charge is 0.310 e. The average Bonchev–Trinajstić information content (AvgIpc) is 2.44. The number of hydrogen-bond donors (Lipinski definition) is 1. The van der Waals surface area contributed by atoms with Crippen molar-refractivity contribution in [1.82, 2.24) is 10.2 Å². The van der Waals surface area contributed by atoms with E-state index in [1.807, 2.05) is 0 Å². The number of benzene rings is 1. The lowest BCUT2D eigenvalue weighted by atomic mass is 9.93. The quantitative estimate of drug-likeness (QED) is 0.881. The molecule has 1 atom stereocenters. The summed E-state index contributed by atoms with van der Waals surface area (Å²) < 4.78 is 0. The van der Waals surface area contributed by atoms with Crippen molar-refractivity contribution in [3.63, 3.8) is 0 Å². The molecule has 0 spiro atoms. The normalized spacial score (nSPS) is 18.9. The highest BCUT2D eigenvalue weighted by atomic mass is 15.1. The molecule has 1 fully saturated rings. The van der Waals surface area contributed by atoms with Crippen LogP contribution in [0.2, 0.25) is 0 Å². The summed E-state index contributed by atoms with van der Waals surface area (Å²) in [6, 6.07) is 5.07. The van der Waals surface area contributed by atoms with Crippen LogP contribution in [0.1, 0.15) is 55.0 Å². The van der Waals surface area contributed by atoms with E-state index in [0.717, 1.165) is 12.5 Å². The minimum Gasteiger partial charge on any atom is -0.310 e. The molecule has 0 radical (unpaired) electrons. The maximum atomic E-state index is 3.78. The van der Waals surface area contributed by atoms with Crippen LogP contribution in [0.3, 0.4) is 0 Å². The first kappa shape index (κ1) is 16.5. The van der Waals surface area contributed by atoms with Gasteiger partial charge in [0.05, 0.1) is 0 Å². The van der Waals surface area contributed by atoms with Gasteiger partial charge >= 0.3 is 0 Å². The molecule has 1 saturated heterocycles. The molecular formula is C19H32N2. The van der Waals surface area contributed by atoms with Gasteiger partial charge < -0.3 is 10.2 Å². The van der Waals surface area contributed by atoms with E-state index < -0.39 is 0 Å². The van der Waals surface area contributed by atoms with Crippen molar-refractivity contribution >= 4 is 0 Å². The van der Waals surface area contributed by atoms with Crippen LogP contribution in [0.4, 0.5) is 0 Å². The molecule has 1 unspecified atom stereocenters. The molecule has 21 heavy (non-hydrogen) atoms. The number of piperidine rings is 1. The van der Waals surface area contributed by atoms with Crippen LogP contribution in [-0.4, -0.2) is 31.1 Å². The first-order valence-corrected chi connectivity index (χ1v) is 8.54. The number of nitrogens with one attached hydrogen (secondary N) is 1. The molecule has 1 aliphatic heterocycles. The molecule has 0 aliphatic carbocycles. The molecule has 1 aliphatic rings. The van der Waals surface area contributed by atoms with Crippen LogP contribution in [-0.2, 0) is 0 Å². The molecule has 1 N–H and O–H groups in total. The molecule has 0 saturated carbocycles. The minimum atomic E-state index is 0.454. The summed E-state index contributed by atoms with van der Waals surface area (Å²) in [5.74, 6) is 0.848. The lowest BCUT2D eigenvalue weighted by Crippen LogP contribution is -2.37. The van der Waals surface area contributed by atoms with Gasteiger partial charge in [0.1, 0.15) is 0 Å². The van der Waals surface area contributed by atoms with Crippen molar-refractivity contribution in [2.45, 2.75) is 53.5 Å². The lowest BCUT2D eigenvalue weighted by Gasteiger charge is -2.32. The Kier molecular flexibility index (Phi) is 5.83. The monoisotopic (exact) mass is 288 g/mol. The predicted octanol–water partition coefficient (Wildman–Crippen LogP) is 3.99. The molecular weight excluding hydrogens is 256 g/mol. The van der Waals surface area contributed by atoms with Crippen molar-refractivity contribution in [2.75, 3.05) is 26.2 Å². The standard InChI is InChI=1S/C19H32N2/c1-6-21-9-7-18(8-10-21)13-20-17(5)19-15(3)11-14(2)12-16(19)4/h11-12,17-18,20H,6-10,13H2,1-5H3. The summed E-state index contributed by atoms with van der Waals surface area (Å²) in [6.07, 6.45) is 2.69. The van der Waals surface area contributed by atoms with E-state index in [2.05, 4.69) is 57.0 Å². The molecule has 1 heterocycles. The third-order valence-electron chi connectivity index (χ3n) is 5.04. The topological polar surface area (TPSA) is 15.3 Å². The second-order valence-corrected chi connectivity index (χ2v) is 6.82. The van der Waals surface area contributed by atoms with Crippen LogP contribution < -0.4 is 5.32 Å². The molecule has 0 amide bonds. The van der Waals surface area contributed by atoms with Gasteiger partial charge in [0.15, 0.2) is 0 Å². The van der Waals surface area contributed by atoms with Crippen LogP contribution in [0.25, 0.3) is 0 Å². The SMILES string of the molecule is CCN1CCC(CNC(C)c2c(C)cc(C)cc2C)CC1. The van der Waals surface area contributed by atoms with Crippen LogP contribution in [0, 0.1) is 26.7 Å². The van der Waals surface area contributed by atoms with Gasteiger partial charge in [-0.05, 0) is 89.3 Å². The maximum Gasteiger partial charge on any atom is 0.0297 e. The fourth-order valence-corrected chi connectivity index (χ4v) is 3.83. The zero-order valence-electron chi connectivity index (χ0n) is 14.5. The molecule has 2 heteroatoms. The van der Waals surface area contributed by atoms with Crippen LogP contribution >= 0.6 is 0 Å². The first-order chi connectivity index (χ1) is 10.0. The van der Waals surface area contributed by atoms with Crippen molar-refractivity contribution in [3.8, 4) is 0 Å². The second-order valence-electron chi connectivity index (χ2n) is 6.82. The summed E-state index contributed by atoms with van der Waals surface area (Å²) >= 11 is 0. The second kappa shape index (κ2) is 7.42. The van der Waals surface area contributed by atoms with Gasteiger partial charge in [-0.2, -0.15) is 0 Å². The van der Waals surface area contributed by atoms with E-state index in [0.29, 0.717) is 6.04 Å². The molecule has 2 nitrogen and oxygen atoms in total. The van der Waals surface area contributed by atoms with E-state index in [9.17, 15) is 0 Å². The number of rotatable bonds is 5. The zero-order chi connectivity index (χ0) is 15.4. The molecule has 0 aromatic heterocycles. The van der Waals surface area contributed by atoms with E-state index in [1.54, 1.807) is 0 Å². The van der Waals surface area contributed by atoms with E-state index in [4.69, 9.17) is 0 Å². The van der Waals surface area contributed by atoms with Gasteiger partial charge in [-0.3, -0.25) is 0 Å². The van der Waals surface area contributed by atoms with Gasteiger partial charge in [0.25, 0.3) is 0 Å². The Morgan fingerprint density at radius 3 is 2.24 bits per heavy atom. The van der Waals surface area contributed by atoms with Gasteiger partial charge in [0, 0.05) is 6.04 Å². The van der Waals surface area contributed by atoms with Gasteiger partial charge in [-0.25, -0.2) is 0 Å². The fraction of sp³-hybridized carbons (Fsp3) is 0.684. The molecule has 1 aromatic rings. The highest BCUT2D eigenvalue weighted by Gasteiger charge is 2.19. The van der Waals surface area contributed by atoms with Crippen LogP contribution in [0.15, 0.2) is 12.1 Å². The zero-order valence-corrected chi connectivity index (χ0v) is 14.5. The highest BCUT2D eigenvalue weighted by molar-refractivity contribution is 5.39. The summed E-state index contributed by atoms with van der Waals surface area (Å²) in [4.78, 5) is 2.56. The number of nitrogens with zero attached hydrogens (tertiary/aromatic N) is 1. The number of hydrogen-bond acceptors (Lipinski definition) is 2. The van der Waals surface area contributed by atoms with Gasteiger partial charge in [-0.1, -0.05) is 24.6 Å². The number of aryl methyl sites for hydroxylation is 3. The average molecular weight is 288 g/mol. The predicted molar refractivity (Wildman–Crippen MR) is 91.9 cm³/mol. The number of likely N-dealkylation sites (tertiary alicyclic amines) is 1. The Hall–Kier alpha value is -0.860. The van der Waals surface area contributed by atoms with Crippen molar-refractivity contribution < 1.29 is 0 Å². The van der Waals surface area contributed by atoms with Gasteiger partial charge in [0.2, 0.25) is 0 Å². The van der Waals surface area contributed by atoms with Crippen molar-refractivity contribution in [3.05, 3.63) is 34.4 Å².